The third-order valence-corrected chi connectivity index (χ3v) is 3.85. The summed E-state index contributed by atoms with van der Waals surface area (Å²) >= 11 is 6.19. The number of likely N-dealkylation sites (N-methyl/N-ethyl adjacent to an activating group) is 1. The molecule has 0 bridgehead atoms. The normalized spacial score (nSPS) is 15.6. The number of rotatable bonds is 7. The van der Waals surface area contributed by atoms with E-state index in [1.165, 1.54) is 0 Å². The Morgan fingerprint density at radius 1 is 1.52 bits per heavy atom. The van der Waals surface area contributed by atoms with Crippen molar-refractivity contribution in [2.75, 3.05) is 13.2 Å². The van der Waals surface area contributed by atoms with E-state index in [4.69, 9.17) is 22.1 Å². The van der Waals surface area contributed by atoms with E-state index < -0.39 is 0 Å². The maximum Gasteiger partial charge on any atom is 0.260 e. The zero-order valence-corrected chi connectivity index (χ0v) is 13.4. The fourth-order valence-electron chi connectivity index (χ4n) is 2.41. The van der Waals surface area contributed by atoms with Crippen LogP contribution in [0.15, 0.2) is 18.2 Å². The van der Waals surface area contributed by atoms with Crippen LogP contribution in [0.25, 0.3) is 0 Å². The summed E-state index contributed by atoms with van der Waals surface area (Å²) in [5.74, 6) is 0.570. The molecule has 1 atom stereocenters. The highest BCUT2D eigenvalue weighted by Crippen LogP contribution is 2.28. The van der Waals surface area contributed by atoms with Crippen molar-refractivity contribution in [1.82, 2.24) is 4.90 Å². The Morgan fingerprint density at radius 3 is 2.76 bits per heavy atom. The fraction of sp³-hybridized carbons (Fsp3) is 0.562. The molecular formula is C16H23ClN2O2. The average molecular weight is 311 g/mol. The molecule has 116 valence electrons. The maximum absolute atomic E-state index is 12.1. The van der Waals surface area contributed by atoms with Crippen LogP contribution in [0.5, 0.6) is 5.75 Å². The second-order valence-corrected chi connectivity index (χ2v) is 6.05. The van der Waals surface area contributed by atoms with Crippen LogP contribution in [0, 0.1) is 0 Å². The van der Waals surface area contributed by atoms with E-state index in [0.717, 1.165) is 31.4 Å². The Hall–Kier alpha value is -1.26. The first-order valence-corrected chi connectivity index (χ1v) is 7.85. The Balaban J connectivity index is 1.92. The molecule has 1 aliphatic carbocycles. The Labute approximate surface area is 131 Å². The van der Waals surface area contributed by atoms with Gasteiger partial charge in [-0.1, -0.05) is 17.7 Å². The molecule has 0 heterocycles. The first-order valence-electron chi connectivity index (χ1n) is 7.47. The summed E-state index contributed by atoms with van der Waals surface area (Å²) in [7, 11) is 0. The van der Waals surface area contributed by atoms with Gasteiger partial charge in [0.1, 0.15) is 5.75 Å². The molecular weight excluding hydrogens is 288 g/mol. The van der Waals surface area contributed by atoms with Gasteiger partial charge < -0.3 is 15.4 Å². The van der Waals surface area contributed by atoms with Gasteiger partial charge >= 0.3 is 0 Å². The van der Waals surface area contributed by atoms with Crippen molar-refractivity contribution in [3.63, 3.8) is 0 Å². The number of benzene rings is 1. The van der Waals surface area contributed by atoms with Crippen LogP contribution >= 0.6 is 11.6 Å². The van der Waals surface area contributed by atoms with Gasteiger partial charge in [-0.05, 0) is 50.8 Å². The maximum atomic E-state index is 12.1. The van der Waals surface area contributed by atoms with Gasteiger partial charge in [-0.15, -0.1) is 0 Å². The number of amides is 1. The van der Waals surface area contributed by atoms with E-state index in [-0.39, 0.29) is 18.6 Å². The lowest BCUT2D eigenvalue weighted by Crippen LogP contribution is -2.36. The van der Waals surface area contributed by atoms with Crippen LogP contribution in [0.1, 0.15) is 32.3 Å². The highest BCUT2D eigenvalue weighted by atomic mass is 35.5. The minimum Gasteiger partial charge on any atom is -0.482 e. The lowest BCUT2D eigenvalue weighted by Gasteiger charge is -2.20. The quantitative estimate of drug-likeness (QED) is 0.842. The first-order chi connectivity index (χ1) is 10.0. The number of nitrogens with zero attached hydrogens (tertiary/aromatic N) is 1. The van der Waals surface area contributed by atoms with Crippen molar-refractivity contribution in [3.05, 3.63) is 28.8 Å². The number of carbonyl (C=O) groups is 1. The third kappa shape index (κ3) is 4.61. The van der Waals surface area contributed by atoms with Crippen molar-refractivity contribution < 1.29 is 9.53 Å². The van der Waals surface area contributed by atoms with E-state index in [1.807, 2.05) is 30.9 Å². The molecule has 1 fully saturated rings. The number of carbonyl (C=O) groups excluding carboxylic acids is 1. The van der Waals surface area contributed by atoms with Crippen LogP contribution in [0.3, 0.4) is 0 Å². The number of hydrogen-bond donors (Lipinski definition) is 1. The predicted molar refractivity (Wildman–Crippen MR) is 84.7 cm³/mol. The molecule has 0 saturated heterocycles. The van der Waals surface area contributed by atoms with E-state index in [2.05, 4.69) is 0 Å². The van der Waals surface area contributed by atoms with Crippen LogP contribution in [0.2, 0.25) is 5.02 Å². The van der Waals surface area contributed by atoms with Gasteiger partial charge in [-0.3, -0.25) is 4.79 Å². The zero-order valence-electron chi connectivity index (χ0n) is 12.6. The first kappa shape index (κ1) is 16.1. The van der Waals surface area contributed by atoms with E-state index >= 15 is 0 Å². The second kappa shape index (κ2) is 7.14. The number of ether oxygens (including phenoxy) is 1. The Kier molecular flexibility index (Phi) is 5.48. The monoisotopic (exact) mass is 310 g/mol. The molecule has 21 heavy (non-hydrogen) atoms. The summed E-state index contributed by atoms with van der Waals surface area (Å²) in [6.07, 6.45) is 2.98. The van der Waals surface area contributed by atoms with E-state index in [0.29, 0.717) is 16.8 Å². The highest BCUT2D eigenvalue weighted by Gasteiger charge is 2.31. The van der Waals surface area contributed by atoms with Gasteiger partial charge in [-0.2, -0.15) is 0 Å². The molecule has 0 aromatic heterocycles. The lowest BCUT2D eigenvalue weighted by molar-refractivity contribution is -0.133. The molecule has 1 aliphatic rings. The van der Waals surface area contributed by atoms with Gasteiger partial charge in [-0.25, -0.2) is 0 Å². The van der Waals surface area contributed by atoms with Crippen molar-refractivity contribution in [3.8, 4) is 5.75 Å². The summed E-state index contributed by atoms with van der Waals surface area (Å²) in [5, 5.41) is 0.524. The molecule has 5 heteroatoms. The zero-order chi connectivity index (χ0) is 15.4. The standard InChI is InChI=1S/C16H23ClN2O2/c1-3-19(13-5-6-13)16(20)10-21-15-7-4-12(8-11(2)18)9-14(15)17/h4,7,9,11,13H,3,5-6,8,10,18H2,1-2H3. The van der Waals surface area contributed by atoms with Crippen LogP contribution in [-0.4, -0.2) is 36.0 Å². The van der Waals surface area contributed by atoms with Gasteiger partial charge in [0.25, 0.3) is 5.91 Å². The van der Waals surface area contributed by atoms with Crippen LogP contribution < -0.4 is 10.5 Å². The third-order valence-electron chi connectivity index (χ3n) is 3.55. The number of nitrogens with two attached hydrogens (primary N) is 1. The molecule has 0 aliphatic heterocycles. The van der Waals surface area contributed by atoms with Crippen molar-refractivity contribution in [1.29, 1.82) is 0 Å². The second-order valence-electron chi connectivity index (χ2n) is 5.65. The molecule has 0 radical (unpaired) electrons. The van der Waals surface area contributed by atoms with Crippen molar-refractivity contribution >= 4 is 17.5 Å². The molecule has 2 rings (SSSR count). The summed E-state index contributed by atoms with van der Waals surface area (Å²) in [6, 6.07) is 6.10. The summed E-state index contributed by atoms with van der Waals surface area (Å²) in [6.45, 7) is 4.71. The van der Waals surface area contributed by atoms with Gasteiger partial charge in [0.15, 0.2) is 6.61 Å². The molecule has 1 aromatic rings. The molecule has 1 unspecified atom stereocenters. The van der Waals surface area contributed by atoms with Crippen LogP contribution in [-0.2, 0) is 11.2 Å². The topological polar surface area (TPSA) is 55.6 Å². The average Bonchev–Trinajstić information content (AvgIpc) is 3.22. The minimum atomic E-state index is 0.0238. The van der Waals surface area contributed by atoms with Gasteiger partial charge in [0, 0.05) is 18.6 Å². The van der Waals surface area contributed by atoms with E-state index in [1.54, 1.807) is 6.07 Å². The molecule has 1 aromatic carbocycles. The molecule has 2 N–H and O–H groups in total. The van der Waals surface area contributed by atoms with Crippen molar-refractivity contribution in [2.45, 2.75) is 45.2 Å². The van der Waals surface area contributed by atoms with Gasteiger partial charge in [0.05, 0.1) is 5.02 Å². The lowest BCUT2D eigenvalue weighted by atomic mass is 10.1. The molecule has 1 saturated carbocycles. The Morgan fingerprint density at radius 2 is 2.24 bits per heavy atom. The molecule has 1 amide bonds. The number of hydrogen-bond acceptors (Lipinski definition) is 3. The largest absolute Gasteiger partial charge is 0.482 e. The predicted octanol–water partition coefficient (Wildman–Crippen LogP) is 2.62. The SMILES string of the molecule is CCN(C(=O)COc1ccc(CC(C)N)cc1Cl)C1CC1. The molecule has 0 spiro atoms. The minimum absolute atomic E-state index is 0.0238. The smallest absolute Gasteiger partial charge is 0.260 e. The highest BCUT2D eigenvalue weighted by molar-refractivity contribution is 6.32. The summed E-state index contributed by atoms with van der Waals surface area (Å²) < 4.78 is 5.56. The van der Waals surface area contributed by atoms with Crippen LogP contribution in [0.4, 0.5) is 0 Å². The van der Waals surface area contributed by atoms with Gasteiger partial charge in [0.2, 0.25) is 0 Å². The van der Waals surface area contributed by atoms with Crippen molar-refractivity contribution in [2.24, 2.45) is 5.73 Å². The fourth-order valence-corrected chi connectivity index (χ4v) is 2.66. The number of halogens is 1. The summed E-state index contributed by atoms with van der Waals surface area (Å²) in [4.78, 5) is 14.0. The van der Waals surface area contributed by atoms with E-state index in [9.17, 15) is 4.79 Å². The molecule has 4 nitrogen and oxygen atoms in total. The summed E-state index contributed by atoms with van der Waals surface area (Å²) in [5.41, 5.74) is 6.84. The Bertz CT molecular complexity index is 501.